The van der Waals surface area contributed by atoms with E-state index >= 15 is 0 Å². The van der Waals surface area contributed by atoms with Gasteiger partial charge < -0.3 is 5.32 Å². The van der Waals surface area contributed by atoms with Crippen LogP contribution < -0.4 is 16.4 Å². The van der Waals surface area contributed by atoms with Crippen LogP contribution in [0.5, 0.6) is 0 Å². The zero-order valence-corrected chi connectivity index (χ0v) is 14.7. The molecule has 0 saturated carbocycles. The molecule has 0 aliphatic rings. The zero-order valence-electron chi connectivity index (χ0n) is 14.7. The van der Waals surface area contributed by atoms with Crippen molar-refractivity contribution in [2.75, 3.05) is 0 Å². The number of benzene rings is 1. The van der Waals surface area contributed by atoms with E-state index in [4.69, 9.17) is 0 Å². The fourth-order valence-corrected chi connectivity index (χ4v) is 2.95. The van der Waals surface area contributed by atoms with Gasteiger partial charge in [0.25, 0.3) is 0 Å². The first-order valence-electron chi connectivity index (χ1n) is 8.45. The summed E-state index contributed by atoms with van der Waals surface area (Å²) in [6.07, 6.45) is 1.56. The van der Waals surface area contributed by atoms with Crippen LogP contribution in [-0.2, 0) is 17.9 Å². The van der Waals surface area contributed by atoms with Gasteiger partial charge in [0.1, 0.15) is 6.54 Å². The number of aryl methyl sites for hydroxylation is 1. The van der Waals surface area contributed by atoms with E-state index in [1.54, 1.807) is 25.3 Å². The van der Waals surface area contributed by atoms with Crippen molar-refractivity contribution >= 4 is 17.1 Å². The topological polar surface area (TPSA) is 86.0 Å². The minimum absolute atomic E-state index is 0.209. The summed E-state index contributed by atoms with van der Waals surface area (Å²) in [5, 5.41) is 2.86. The molecule has 134 valence electrons. The predicted octanol–water partition coefficient (Wildman–Crippen LogP) is 1.46. The number of hydrogen-bond acceptors (Lipinski definition) is 4. The van der Waals surface area contributed by atoms with Crippen molar-refractivity contribution in [3.8, 4) is 0 Å². The van der Waals surface area contributed by atoms with Gasteiger partial charge in [-0.25, -0.2) is 4.98 Å². The third-order valence-corrected chi connectivity index (χ3v) is 4.28. The lowest BCUT2D eigenvalue weighted by atomic mass is 10.1. The van der Waals surface area contributed by atoms with Crippen LogP contribution in [0.2, 0.25) is 0 Å². The number of amides is 1. The molecule has 2 aromatic heterocycles. The Morgan fingerprint density at radius 3 is 2.46 bits per heavy atom. The predicted molar refractivity (Wildman–Crippen MR) is 98.9 cm³/mol. The first-order valence-corrected chi connectivity index (χ1v) is 8.45. The third-order valence-electron chi connectivity index (χ3n) is 4.28. The summed E-state index contributed by atoms with van der Waals surface area (Å²) in [6.45, 7) is 3.73. The number of pyridine rings is 1. The molecule has 1 N–H and O–H groups in total. The minimum atomic E-state index is -0.727. The third kappa shape index (κ3) is 3.28. The van der Waals surface area contributed by atoms with Gasteiger partial charge in [0.15, 0.2) is 5.65 Å². The molecule has 7 heteroatoms. The lowest BCUT2D eigenvalue weighted by Crippen LogP contribution is -2.44. The van der Waals surface area contributed by atoms with Gasteiger partial charge >= 0.3 is 11.1 Å². The van der Waals surface area contributed by atoms with Gasteiger partial charge in [-0.1, -0.05) is 30.3 Å². The number of nitrogens with one attached hydrogen (secondary N) is 1. The van der Waals surface area contributed by atoms with Crippen LogP contribution in [0.4, 0.5) is 0 Å². The quantitative estimate of drug-likeness (QED) is 0.704. The highest BCUT2D eigenvalue weighted by Gasteiger charge is 2.16. The van der Waals surface area contributed by atoms with Gasteiger partial charge in [-0.3, -0.25) is 23.5 Å². The van der Waals surface area contributed by atoms with Crippen LogP contribution in [0.1, 0.15) is 25.5 Å². The van der Waals surface area contributed by atoms with Crippen LogP contribution in [0, 0.1) is 0 Å². The molecule has 1 atom stereocenters. The molecule has 0 bridgehead atoms. The Labute approximate surface area is 149 Å². The van der Waals surface area contributed by atoms with E-state index in [0.29, 0.717) is 17.7 Å². The summed E-state index contributed by atoms with van der Waals surface area (Å²) in [4.78, 5) is 41.5. The molecule has 0 spiro atoms. The summed E-state index contributed by atoms with van der Waals surface area (Å²) in [5.41, 5.74) is 0.406. The molecule has 3 rings (SSSR count). The van der Waals surface area contributed by atoms with E-state index in [0.717, 1.165) is 5.56 Å². The molecule has 1 aromatic carbocycles. The van der Waals surface area contributed by atoms with Crippen molar-refractivity contribution in [2.45, 2.75) is 33.0 Å². The Morgan fingerprint density at radius 1 is 1.08 bits per heavy atom. The van der Waals surface area contributed by atoms with Crippen LogP contribution >= 0.6 is 0 Å². The fourth-order valence-electron chi connectivity index (χ4n) is 2.95. The lowest BCUT2D eigenvalue weighted by Gasteiger charge is -2.16. The summed E-state index contributed by atoms with van der Waals surface area (Å²) in [6, 6.07) is 12.7. The van der Waals surface area contributed by atoms with Gasteiger partial charge in [0, 0.05) is 12.7 Å². The zero-order chi connectivity index (χ0) is 18.7. The number of fused-ring (bicyclic) bond motifs is 1. The number of carbonyl (C=O) groups is 1. The molecule has 3 aromatic rings. The molecule has 2 heterocycles. The highest BCUT2D eigenvalue weighted by Crippen LogP contribution is 2.11. The highest BCUT2D eigenvalue weighted by molar-refractivity contribution is 5.79. The lowest BCUT2D eigenvalue weighted by molar-refractivity contribution is -0.122. The van der Waals surface area contributed by atoms with Crippen molar-refractivity contribution in [1.29, 1.82) is 0 Å². The van der Waals surface area contributed by atoms with Gasteiger partial charge in [0.05, 0.1) is 11.6 Å². The van der Waals surface area contributed by atoms with Crippen LogP contribution in [-0.4, -0.2) is 20.0 Å². The second kappa shape index (κ2) is 7.35. The monoisotopic (exact) mass is 352 g/mol. The maximum absolute atomic E-state index is 12.5. The summed E-state index contributed by atoms with van der Waals surface area (Å²) in [7, 11) is 0. The second-order valence-electron chi connectivity index (χ2n) is 5.99. The van der Waals surface area contributed by atoms with Crippen molar-refractivity contribution in [3.05, 3.63) is 74.9 Å². The molecule has 0 aliphatic heterocycles. The highest BCUT2D eigenvalue weighted by atomic mass is 16.2. The van der Waals surface area contributed by atoms with Crippen molar-refractivity contribution < 1.29 is 4.79 Å². The standard InChI is InChI=1S/C19H20N4O3/c1-3-22-17-15(10-7-11-20-17)23(19(26)18(22)25)12-16(24)21-13(2)14-8-5-4-6-9-14/h4-11,13H,3,12H2,1-2H3,(H,21,24)/t13-/m0/s1. The average Bonchev–Trinajstić information content (AvgIpc) is 2.66. The number of nitrogens with zero attached hydrogens (tertiary/aromatic N) is 3. The maximum atomic E-state index is 12.5. The molecule has 0 unspecified atom stereocenters. The molecule has 0 saturated heterocycles. The normalized spacial score (nSPS) is 12.1. The van der Waals surface area contributed by atoms with E-state index in [1.807, 2.05) is 37.3 Å². The molecule has 26 heavy (non-hydrogen) atoms. The Bertz CT molecular complexity index is 1050. The Morgan fingerprint density at radius 2 is 1.77 bits per heavy atom. The average molecular weight is 352 g/mol. The largest absolute Gasteiger partial charge is 0.348 e. The number of carbonyl (C=O) groups excluding carboxylic acids is 1. The fraction of sp³-hybridized carbons (Fsp3) is 0.263. The SMILES string of the molecule is CCn1c(=O)c(=O)n(CC(=O)N[C@@H](C)c2ccccc2)c2cccnc21. The van der Waals surface area contributed by atoms with E-state index in [2.05, 4.69) is 10.3 Å². The van der Waals surface area contributed by atoms with Crippen LogP contribution in [0.25, 0.3) is 11.2 Å². The second-order valence-corrected chi connectivity index (χ2v) is 5.99. The van der Waals surface area contributed by atoms with Crippen LogP contribution in [0.15, 0.2) is 58.3 Å². The van der Waals surface area contributed by atoms with Gasteiger partial charge in [-0.05, 0) is 31.5 Å². The number of rotatable bonds is 5. The molecular weight excluding hydrogens is 332 g/mol. The van der Waals surface area contributed by atoms with E-state index < -0.39 is 11.1 Å². The molecule has 0 fully saturated rings. The van der Waals surface area contributed by atoms with E-state index in [9.17, 15) is 14.4 Å². The van der Waals surface area contributed by atoms with Gasteiger partial charge in [-0.15, -0.1) is 0 Å². The summed E-state index contributed by atoms with van der Waals surface area (Å²) >= 11 is 0. The van der Waals surface area contributed by atoms with Crippen molar-refractivity contribution in [1.82, 2.24) is 19.4 Å². The minimum Gasteiger partial charge on any atom is -0.348 e. The van der Waals surface area contributed by atoms with Crippen molar-refractivity contribution in [2.24, 2.45) is 0 Å². The maximum Gasteiger partial charge on any atom is 0.318 e. The number of hydrogen-bond donors (Lipinski definition) is 1. The van der Waals surface area contributed by atoms with Gasteiger partial charge in [0.2, 0.25) is 5.91 Å². The molecule has 1 amide bonds. The molecule has 0 aliphatic carbocycles. The Kier molecular flexibility index (Phi) is 4.97. The Balaban J connectivity index is 1.94. The van der Waals surface area contributed by atoms with E-state index in [-0.39, 0.29) is 18.5 Å². The van der Waals surface area contributed by atoms with Gasteiger partial charge in [-0.2, -0.15) is 0 Å². The first-order chi connectivity index (χ1) is 12.5. The van der Waals surface area contributed by atoms with Crippen LogP contribution in [0.3, 0.4) is 0 Å². The molecular formula is C19H20N4O3. The molecule has 7 nitrogen and oxygen atoms in total. The van der Waals surface area contributed by atoms with Crippen molar-refractivity contribution in [3.63, 3.8) is 0 Å². The smallest absolute Gasteiger partial charge is 0.318 e. The Hall–Kier alpha value is -3.22. The molecule has 0 radical (unpaired) electrons. The number of aromatic nitrogens is 3. The first kappa shape index (κ1) is 17.6. The summed E-state index contributed by atoms with van der Waals surface area (Å²) in [5.74, 6) is -0.345. The summed E-state index contributed by atoms with van der Waals surface area (Å²) < 4.78 is 2.50. The van der Waals surface area contributed by atoms with E-state index in [1.165, 1.54) is 9.13 Å².